The monoisotopic (exact) mass is 346 g/mol. The van der Waals surface area contributed by atoms with Gasteiger partial charge < -0.3 is 9.64 Å². The fraction of sp³-hybridized carbons (Fsp3) is 0.500. The second-order valence-electron chi connectivity index (χ2n) is 4.25. The Hall–Kier alpha value is -0.920. The van der Waals surface area contributed by atoms with Crippen molar-refractivity contribution in [3.8, 4) is 0 Å². The van der Waals surface area contributed by atoms with Crippen molar-refractivity contribution in [2.45, 2.75) is 0 Å². The molecule has 0 bridgehead atoms. The lowest BCUT2D eigenvalue weighted by atomic mass is 10.3. The molecule has 0 saturated carbocycles. The van der Waals surface area contributed by atoms with E-state index >= 15 is 0 Å². The van der Waals surface area contributed by atoms with Gasteiger partial charge in [0.1, 0.15) is 0 Å². The predicted molar refractivity (Wildman–Crippen MR) is 76.4 cm³/mol. The maximum atomic E-state index is 12.2. The van der Waals surface area contributed by atoms with Crippen LogP contribution in [0.4, 0.5) is 0 Å². The number of hydrogen-bond acceptors (Lipinski definition) is 5. The zero-order chi connectivity index (χ0) is 13.8. The van der Waals surface area contributed by atoms with Gasteiger partial charge in [0, 0.05) is 26.2 Å². The zero-order valence-electron chi connectivity index (χ0n) is 10.6. The van der Waals surface area contributed by atoms with Gasteiger partial charge in [0.25, 0.3) is 5.91 Å². The Balaban J connectivity index is 1.86. The van der Waals surface area contributed by atoms with Crippen molar-refractivity contribution in [2.24, 2.45) is 0 Å². The number of methoxy groups -OCH3 is 1. The number of halogens is 1. The smallest absolute Gasteiger partial charge is 0.319 e. The second-order valence-corrected chi connectivity index (χ2v) is 6.71. The lowest BCUT2D eigenvalue weighted by molar-refractivity contribution is -0.142. The molecule has 1 saturated heterocycles. The summed E-state index contributed by atoms with van der Waals surface area (Å²) in [4.78, 5) is 27.9. The number of carbonyl (C=O) groups is 2. The van der Waals surface area contributed by atoms with Gasteiger partial charge >= 0.3 is 5.97 Å². The third kappa shape index (κ3) is 3.77. The third-order valence-corrected chi connectivity index (χ3v) is 4.64. The highest BCUT2D eigenvalue weighted by Gasteiger charge is 2.24. The molecule has 2 rings (SSSR count). The van der Waals surface area contributed by atoms with E-state index in [-0.39, 0.29) is 11.9 Å². The van der Waals surface area contributed by atoms with Crippen LogP contribution in [0.15, 0.2) is 15.9 Å². The van der Waals surface area contributed by atoms with Crippen LogP contribution in [0, 0.1) is 0 Å². The Morgan fingerprint density at radius 3 is 2.53 bits per heavy atom. The average Bonchev–Trinajstić information content (AvgIpc) is 2.85. The lowest BCUT2D eigenvalue weighted by Crippen LogP contribution is -2.49. The van der Waals surface area contributed by atoms with Gasteiger partial charge in [-0.25, -0.2) is 0 Å². The summed E-state index contributed by atoms with van der Waals surface area (Å²) in [7, 11) is 1.39. The number of carbonyl (C=O) groups excluding carboxylic acids is 2. The average molecular weight is 347 g/mol. The highest BCUT2D eigenvalue weighted by atomic mass is 79.9. The van der Waals surface area contributed by atoms with Crippen LogP contribution in [0.1, 0.15) is 9.67 Å². The van der Waals surface area contributed by atoms with Gasteiger partial charge in [0.05, 0.1) is 22.3 Å². The van der Waals surface area contributed by atoms with Crippen LogP contribution in [0.3, 0.4) is 0 Å². The molecular weight excluding hydrogens is 332 g/mol. The first-order valence-corrected chi connectivity index (χ1v) is 7.55. The molecule has 5 nitrogen and oxygen atoms in total. The largest absolute Gasteiger partial charge is 0.468 e. The summed E-state index contributed by atoms with van der Waals surface area (Å²) in [5, 5.41) is 0. The van der Waals surface area contributed by atoms with E-state index in [9.17, 15) is 9.59 Å². The van der Waals surface area contributed by atoms with Gasteiger partial charge in [-0.2, -0.15) is 0 Å². The maximum Gasteiger partial charge on any atom is 0.319 e. The van der Waals surface area contributed by atoms with Crippen molar-refractivity contribution >= 4 is 39.1 Å². The van der Waals surface area contributed by atoms with Crippen molar-refractivity contribution in [1.82, 2.24) is 9.80 Å². The third-order valence-electron chi connectivity index (χ3n) is 3.02. The summed E-state index contributed by atoms with van der Waals surface area (Å²) in [6.07, 6.45) is 0. The molecule has 19 heavy (non-hydrogen) atoms. The van der Waals surface area contributed by atoms with Crippen LogP contribution in [0.5, 0.6) is 0 Å². The Bertz CT molecular complexity index is 469. The number of thiophene rings is 1. The molecule has 0 atom stereocenters. The quantitative estimate of drug-likeness (QED) is 0.777. The fourth-order valence-electron chi connectivity index (χ4n) is 1.94. The van der Waals surface area contributed by atoms with Crippen LogP contribution in [0.2, 0.25) is 0 Å². The van der Waals surface area contributed by atoms with E-state index in [0.29, 0.717) is 32.7 Å². The lowest BCUT2D eigenvalue weighted by Gasteiger charge is -2.33. The van der Waals surface area contributed by atoms with Crippen molar-refractivity contribution in [1.29, 1.82) is 0 Å². The molecule has 104 valence electrons. The van der Waals surface area contributed by atoms with Crippen LogP contribution in [-0.4, -0.2) is 61.5 Å². The topological polar surface area (TPSA) is 49.9 Å². The highest BCUT2D eigenvalue weighted by Crippen LogP contribution is 2.23. The zero-order valence-corrected chi connectivity index (χ0v) is 13.0. The number of nitrogens with zero attached hydrogens (tertiary/aromatic N) is 2. The number of piperazine rings is 1. The summed E-state index contributed by atoms with van der Waals surface area (Å²) in [5.74, 6) is -0.171. The number of amides is 1. The molecule has 0 aliphatic carbocycles. The Morgan fingerprint density at radius 1 is 1.32 bits per heavy atom. The van der Waals surface area contributed by atoms with E-state index in [0.717, 1.165) is 8.66 Å². The van der Waals surface area contributed by atoms with E-state index < -0.39 is 0 Å². The van der Waals surface area contributed by atoms with E-state index in [1.807, 2.05) is 21.9 Å². The first-order valence-electron chi connectivity index (χ1n) is 5.94. The summed E-state index contributed by atoms with van der Waals surface area (Å²) >= 11 is 4.80. The van der Waals surface area contributed by atoms with E-state index in [4.69, 9.17) is 0 Å². The first-order chi connectivity index (χ1) is 9.10. The molecule has 2 heterocycles. The van der Waals surface area contributed by atoms with Gasteiger partial charge in [0.15, 0.2) is 0 Å². The Labute approximate surface area is 124 Å². The van der Waals surface area contributed by atoms with Crippen LogP contribution in [0.25, 0.3) is 0 Å². The van der Waals surface area contributed by atoms with E-state index in [1.54, 1.807) is 0 Å². The van der Waals surface area contributed by atoms with Gasteiger partial charge in [-0.1, -0.05) is 0 Å². The van der Waals surface area contributed by atoms with Crippen molar-refractivity contribution in [3.05, 3.63) is 20.8 Å². The summed E-state index contributed by atoms with van der Waals surface area (Å²) in [6.45, 7) is 2.99. The number of hydrogen-bond donors (Lipinski definition) is 0. The van der Waals surface area contributed by atoms with Crippen LogP contribution < -0.4 is 0 Å². The summed E-state index contributed by atoms with van der Waals surface area (Å²) in [5.41, 5.74) is 0. The number of rotatable bonds is 3. The van der Waals surface area contributed by atoms with Gasteiger partial charge in [0.2, 0.25) is 0 Å². The standard InChI is InChI=1S/C12H15BrN2O3S/c1-18-11(16)8-14-4-6-15(7-5-14)12(17)9-2-3-10(13)19-9/h2-3H,4-8H2,1H3. The minimum atomic E-state index is -0.234. The number of esters is 1. The van der Waals surface area contributed by atoms with Gasteiger partial charge in [-0.05, 0) is 28.1 Å². The summed E-state index contributed by atoms with van der Waals surface area (Å²) < 4.78 is 5.59. The molecule has 0 radical (unpaired) electrons. The normalized spacial score (nSPS) is 16.4. The maximum absolute atomic E-state index is 12.2. The molecule has 1 fully saturated rings. The van der Waals surface area contributed by atoms with Gasteiger partial charge in [-0.3, -0.25) is 14.5 Å². The molecule has 0 N–H and O–H groups in total. The molecule has 1 aromatic rings. The SMILES string of the molecule is COC(=O)CN1CCN(C(=O)c2ccc(Br)s2)CC1. The number of ether oxygens (including phenoxy) is 1. The minimum absolute atomic E-state index is 0.0634. The highest BCUT2D eigenvalue weighted by molar-refractivity contribution is 9.11. The van der Waals surface area contributed by atoms with E-state index in [1.165, 1.54) is 18.4 Å². The second kappa shape index (κ2) is 6.49. The molecular formula is C12H15BrN2O3S. The molecule has 0 spiro atoms. The van der Waals surface area contributed by atoms with Crippen molar-refractivity contribution in [3.63, 3.8) is 0 Å². The Kier molecular flexibility index (Phi) is 4.95. The molecule has 0 aromatic carbocycles. The van der Waals surface area contributed by atoms with Crippen LogP contribution >= 0.6 is 27.3 Å². The molecule has 1 amide bonds. The van der Waals surface area contributed by atoms with Crippen molar-refractivity contribution < 1.29 is 14.3 Å². The van der Waals surface area contributed by atoms with E-state index in [2.05, 4.69) is 20.7 Å². The minimum Gasteiger partial charge on any atom is -0.468 e. The first kappa shape index (κ1) is 14.5. The predicted octanol–water partition coefficient (Wildman–Crippen LogP) is 1.44. The molecule has 1 aliphatic rings. The summed E-state index contributed by atoms with van der Waals surface area (Å²) in [6, 6.07) is 3.71. The van der Waals surface area contributed by atoms with Gasteiger partial charge in [-0.15, -0.1) is 11.3 Å². The van der Waals surface area contributed by atoms with Crippen molar-refractivity contribution in [2.75, 3.05) is 39.8 Å². The van der Waals surface area contributed by atoms with Crippen LogP contribution in [-0.2, 0) is 9.53 Å². The molecule has 0 unspecified atom stereocenters. The Morgan fingerprint density at radius 2 is 2.00 bits per heavy atom. The molecule has 1 aliphatic heterocycles. The molecule has 7 heteroatoms. The fourth-order valence-corrected chi connectivity index (χ4v) is 3.30. The molecule has 1 aromatic heterocycles.